The molecule has 0 aromatic heterocycles. The summed E-state index contributed by atoms with van der Waals surface area (Å²) in [6.07, 6.45) is 2.74. The molecule has 2 heteroatoms. The van der Waals surface area contributed by atoms with Gasteiger partial charge in [0.2, 0.25) is 0 Å². The molecule has 1 radical (unpaired) electrons. The summed E-state index contributed by atoms with van der Waals surface area (Å²) in [6, 6.07) is 15.2. The van der Waals surface area contributed by atoms with Crippen LogP contribution in [0.1, 0.15) is 6.92 Å². The molecule has 0 heterocycles. The van der Waals surface area contributed by atoms with Crippen LogP contribution in [0.5, 0.6) is 0 Å². The maximum absolute atomic E-state index is 4.05. The van der Waals surface area contributed by atoms with E-state index >= 15 is 0 Å². The second-order valence-corrected chi connectivity index (χ2v) is 2.78. The van der Waals surface area contributed by atoms with Crippen molar-refractivity contribution in [2.24, 2.45) is 4.99 Å². The molecule has 0 atom stereocenters. The van der Waals surface area contributed by atoms with Gasteiger partial charge in [-0.05, 0) is 0 Å². The Balaban J connectivity index is 0.000000980. The summed E-state index contributed by atoms with van der Waals surface area (Å²) < 4.78 is 0. The Hall–Kier alpha value is -0.526. The summed E-state index contributed by atoms with van der Waals surface area (Å²) >= 11 is 0. The molecule has 0 spiro atoms. The summed E-state index contributed by atoms with van der Waals surface area (Å²) in [4.78, 5) is 4.05. The summed E-state index contributed by atoms with van der Waals surface area (Å²) in [6.45, 7) is 1.78. The van der Waals surface area contributed by atoms with Crippen molar-refractivity contribution < 1.29 is 32.7 Å². The van der Waals surface area contributed by atoms with Gasteiger partial charge in [0.05, 0.1) is 0 Å². The molecule has 67 valence electrons. The van der Waals surface area contributed by atoms with Gasteiger partial charge in [0.25, 0.3) is 0 Å². The summed E-state index contributed by atoms with van der Waals surface area (Å²) in [5.74, 6) is 0. The normalized spacial score (nSPS) is 10.4. The molecule has 14 heavy (non-hydrogen) atoms. The third kappa shape index (κ3) is 2.49. The van der Waals surface area contributed by atoms with Crippen LogP contribution in [0.4, 0.5) is 5.69 Å². The van der Waals surface area contributed by atoms with E-state index in [4.69, 9.17) is 0 Å². The third-order valence-electron chi connectivity index (χ3n) is 1.90. The first kappa shape index (κ1) is 11.5. The molecule has 2 rings (SSSR count). The molecule has 1 nitrogen and oxygen atoms in total. The molecule has 0 N–H and O–H groups in total. The molecule has 0 fully saturated rings. The summed E-state index contributed by atoms with van der Waals surface area (Å²) in [7, 11) is 0. The van der Waals surface area contributed by atoms with Crippen LogP contribution in [0.2, 0.25) is 0 Å². The average molecular weight is 256 g/mol. The quantitative estimate of drug-likeness (QED) is 0.548. The van der Waals surface area contributed by atoms with E-state index in [0.717, 1.165) is 5.69 Å². The third-order valence-corrected chi connectivity index (χ3v) is 1.90. The van der Waals surface area contributed by atoms with E-state index in [1.54, 1.807) is 6.92 Å². The predicted octanol–water partition coefficient (Wildman–Crippen LogP) is 3.24. The molecule has 2 aromatic carbocycles. The van der Waals surface area contributed by atoms with Crippen molar-refractivity contribution in [2.75, 3.05) is 0 Å². The maximum atomic E-state index is 4.05. The second-order valence-electron chi connectivity index (χ2n) is 2.78. The first-order chi connectivity index (χ1) is 6.40. The smallest absolute Gasteiger partial charge is 0 e. The van der Waals surface area contributed by atoms with E-state index in [2.05, 4.69) is 29.4 Å². The number of fused-ring (bicyclic) bond motifs is 1. The molecule has 0 bridgehead atoms. The predicted molar refractivity (Wildman–Crippen MR) is 55.6 cm³/mol. The van der Waals surface area contributed by atoms with Crippen molar-refractivity contribution in [3.63, 3.8) is 0 Å². The number of aliphatic imine (C=N–C) groups is 1. The zero-order valence-corrected chi connectivity index (χ0v) is 10.8. The van der Waals surface area contributed by atoms with Crippen molar-refractivity contribution in [1.29, 1.82) is 0 Å². The van der Waals surface area contributed by atoms with Crippen molar-refractivity contribution in [3.8, 4) is 0 Å². The largest absolute Gasteiger partial charge is 0.482 e. The Morgan fingerprint density at radius 3 is 2.64 bits per heavy atom. The van der Waals surface area contributed by atoms with E-state index in [1.807, 2.05) is 24.3 Å². The van der Waals surface area contributed by atoms with E-state index in [1.165, 1.54) is 10.8 Å². The minimum absolute atomic E-state index is 0. The van der Waals surface area contributed by atoms with Gasteiger partial charge in [0.1, 0.15) is 0 Å². The summed E-state index contributed by atoms with van der Waals surface area (Å²) in [5.41, 5.74) is 0.834. The van der Waals surface area contributed by atoms with Gasteiger partial charge in [-0.25, -0.2) is 11.8 Å². The Labute approximate surface area is 109 Å². The molecular weight excluding hydrogens is 247 g/mol. The van der Waals surface area contributed by atoms with Crippen molar-refractivity contribution in [3.05, 3.63) is 42.5 Å². The minimum atomic E-state index is 0. The van der Waals surface area contributed by atoms with Crippen LogP contribution in [0, 0.1) is 6.07 Å². The van der Waals surface area contributed by atoms with Crippen LogP contribution in [-0.2, 0) is 32.7 Å². The zero-order valence-electron chi connectivity index (χ0n) is 7.99. The van der Waals surface area contributed by atoms with Crippen LogP contribution < -0.4 is 0 Å². The second kappa shape index (κ2) is 5.38. The number of benzene rings is 2. The van der Waals surface area contributed by atoms with Gasteiger partial charge in [-0.2, -0.15) is 12.3 Å². The molecule has 0 saturated carbocycles. The molecule has 0 amide bonds. The van der Waals surface area contributed by atoms with Gasteiger partial charge >= 0.3 is 0 Å². The molecular formula is C12H9NY-2. The van der Waals surface area contributed by atoms with E-state index in [9.17, 15) is 0 Å². The minimum Gasteiger partial charge on any atom is -0.482 e. The molecule has 2 aromatic rings. The number of hydrogen-bond acceptors (Lipinski definition) is 1. The van der Waals surface area contributed by atoms with Crippen LogP contribution in [0.15, 0.2) is 41.4 Å². The number of rotatable bonds is 1. The average Bonchev–Trinajstić information content (AvgIpc) is 2.18. The van der Waals surface area contributed by atoms with Gasteiger partial charge in [0.15, 0.2) is 0 Å². The molecule has 0 saturated heterocycles. The summed E-state index contributed by atoms with van der Waals surface area (Å²) in [5, 5.41) is 2.38. The van der Waals surface area contributed by atoms with E-state index in [-0.39, 0.29) is 32.7 Å². The Bertz CT molecular complexity index is 449. The zero-order chi connectivity index (χ0) is 9.10. The molecule has 0 unspecified atom stereocenters. The van der Waals surface area contributed by atoms with E-state index in [0.29, 0.717) is 0 Å². The molecule has 0 aliphatic rings. The first-order valence-corrected chi connectivity index (χ1v) is 4.18. The topological polar surface area (TPSA) is 12.4 Å². The van der Waals surface area contributed by atoms with Gasteiger partial charge in [-0.1, -0.05) is 18.2 Å². The Kier molecular flexibility index (Phi) is 4.44. The molecule has 0 aliphatic heterocycles. The van der Waals surface area contributed by atoms with Crippen LogP contribution in [-0.4, -0.2) is 6.21 Å². The maximum Gasteiger partial charge on any atom is 0 e. The van der Waals surface area contributed by atoms with Gasteiger partial charge < -0.3 is 4.99 Å². The van der Waals surface area contributed by atoms with E-state index < -0.39 is 0 Å². The van der Waals surface area contributed by atoms with Crippen LogP contribution in [0.3, 0.4) is 0 Å². The number of nitrogens with zero attached hydrogens (tertiary/aromatic N) is 1. The first-order valence-electron chi connectivity index (χ1n) is 4.18. The fourth-order valence-electron chi connectivity index (χ4n) is 1.30. The molecule has 0 aliphatic carbocycles. The van der Waals surface area contributed by atoms with Crippen molar-refractivity contribution >= 4 is 22.7 Å². The fraction of sp³-hybridized carbons (Fsp3) is 0.0833. The van der Waals surface area contributed by atoms with Gasteiger partial charge in [0, 0.05) is 32.7 Å². The Morgan fingerprint density at radius 1 is 1.21 bits per heavy atom. The van der Waals surface area contributed by atoms with Gasteiger partial charge in [-0.3, -0.25) is 6.07 Å². The van der Waals surface area contributed by atoms with Crippen LogP contribution >= 0.6 is 0 Å². The van der Waals surface area contributed by atoms with Crippen molar-refractivity contribution in [2.45, 2.75) is 6.92 Å². The monoisotopic (exact) mass is 256 g/mol. The van der Waals surface area contributed by atoms with Gasteiger partial charge in [-0.15, -0.1) is 23.8 Å². The van der Waals surface area contributed by atoms with Crippen LogP contribution in [0.25, 0.3) is 10.8 Å². The van der Waals surface area contributed by atoms with Crippen molar-refractivity contribution in [1.82, 2.24) is 0 Å². The number of hydrogen-bond donors (Lipinski definition) is 0. The standard InChI is InChI=1S/C12H9N.Y/c1-2-13-12-8-7-10-5-3-4-6-11(10)9-12;/h3-7,9H,1H3;/q-2;. The Morgan fingerprint density at radius 2 is 1.93 bits per heavy atom. The SMILES string of the molecule is C[C-]=Nc1[c-]cc2ccccc2c1.[Y]. The fourth-order valence-corrected chi connectivity index (χ4v) is 1.30.